The highest BCUT2D eigenvalue weighted by molar-refractivity contribution is 7.99. The second kappa shape index (κ2) is 10.2. The fraction of sp³-hybridized carbons (Fsp3) is 0.300. The molecule has 2 aromatic rings. The summed E-state index contributed by atoms with van der Waals surface area (Å²) in [5.74, 6) is 1.69. The van der Waals surface area contributed by atoms with Crippen LogP contribution < -0.4 is 10.1 Å². The number of ketones is 1. The Bertz CT molecular complexity index is 762. The van der Waals surface area contributed by atoms with E-state index in [-0.39, 0.29) is 11.7 Å². The highest BCUT2D eigenvalue weighted by atomic mass is 35.5. The Kier molecular flexibility index (Phi) is 8.01. The molecule has 0 saturated heterocycles. The Balaban J connectivity index is 1.76. The van der Waals surface area contributed by atoms with Crippen molar-refractivity contribution in [1.29, 1.82) is 0 Å². The van der Waals surface area contributed by atoms with Gasteiger partial charge in [0.25, 0.3) is 0 Å². The van der Waals surface area contributed by atoms with E-state index in [9.17, 15) is 9.59 Å². The summed E-state index contributed by atoms with van der Waals surface area (Å²) in [6.45, 7) is 2.12. The third kappa shape index (κ3) is 6.39. The average molecular weight is 392 g/mol. The molecule has 0 aliphatic carbocycles. The minimum absolute atomic E-state index is 0.00865. The van der Waals surface area contributed by atoms with Crippen molar-refractivity contribution in [3.63, 3.8) is 0 Å². The van der Waals surface area contributed by atoms with E-state index in [1.807, 2.05) is 30.3 Å². The van der Waals surface area contributed by atoms with Crippen LogP contribution in [0.15, 0.2) is 42.5 Å². The van der Waals surface area contributed by atoms with Crippen LogP contribution in [0.2, 0.25) is 5.02 Å². The molecule has 2 rings (SSSR count). The summed E-state index contributed by atoms with van der Waals surface area (Å²) in [5.41, 5.74) is 2.70. The molecule has 0 fully saturated rings. The zero-order valence-electron chi connectivity index (χ0n) is 14.9. The zero-order valence-corrected chi connectivity index (χ0v) is 16.5. The molecule has 0 aliphatic rings. The molecule has 0 unspecified atom stereocenters. The molecule has 138 valence electrons. The summed E-state index contributed by atoms with van der Waals surface area (Å²) in [6, 6.07) is 13.0. The van der Waals surface area contributed by atoms with Crippen molar-refractivity contribution < 1.29 is 14.3 Å². The normalized spacial score (nSPS) is 10.4. The summed E-state index contributed by atoms with van der Waals surface area (Å²) in [7, 11) is 1.60. The fourth-order valence-corrected chi connectivity index (χ4v) is 3.37. The van der Waals surface area contributed by atoms with Gasteiger partial charge in [-0.05, 0) is 49.2 Å². The van der Waals surface area contributed by atoms with E-state index in [0.717, 1.165) is 23.3 Å². The zero-order chi connectivity index (χ0) is 18.9. The van der Waals surface area contributed by atoms with Crippen molar-refractivity contribution in [2.45, 2.75) is 19.1 Å². The average Bonchev–Trinajstić information content (AvgIpc) is 2.63. The Labute approximate surface area is 163 Å². The molecule has 0 radical (unpaired) electrons. The van der Waals surface area contributed by atoms with Crippen LogP contribution >= 0.6 is 23.4 Å². The van der Waals surface area contributed by atoms with Crippen LogP contribution in [0.4, 0.5) is 0 Å². The van der Waals surface area contributed by atoms with Crippen LogP contribution in [-0.2, 0) is 17.0 Å². The van der Waals surface area contributed by atoms with Gasteiger partial charge in [-0.2, -0.15) is 0 Å². The first-order valence-corrected chi connectivity index (χ1v) is 9.79. The monoisotopic (exact) mass is 391 g/mol. The third-order valence-corrected chi connectivity index (χ3v) is 5.06. The van der Waals surface area contributed by atoms with Gasteiger partial charge in [0.1, 0.15) is 5.75 Å². The van der Waals surface area contributed by atoms with Crippen LogP contribution in [0, 0.1) is 0 Å². The van der Waals surface area contributed by atoms with E-state index in [0.29, 0.717) is 28.6 Å². The van der Waals surface area contributed by atoms with Gasteiger partial charge in [0.2, 0.25) is 5.91 Å². The van der Waals surface area contributed by atoms with Crippen LogP contribution in [-0.4, -0.2) is 31.1 Å². The van der Waals surface area contributed by atoms with Crippen LogP contribution in [0.1, 0.15) is 28.4 Å². The van der Waals surface area contributed by atoms with Gasteiger partial charge in [-0.3, -0.25) is 9.59 Å². The predicted octanol–water partition coefficient (Wildman–Crippen LogP) is 4.14. The number of hydrogen-bond donors (Lipinski definition) is 1. The number of carbonyl (C=O) groups excluding carboxylic acids is 2. The predicted molar refractivity (Wildman–Crippen MR) is 107 cm³/mol. The van der Waals surface area contributed by atoms with E-state index >= 15 is 0 Å². The molecule has 1 N–H and O–H groups in total. The molecule has 2 aromatic carbocycles. The number of ether oxygens (including phenoxy) is 1. The van der Waals surface area contributed by atoms with Gasteiger partial charge in [0.05, 0.1) is 12.9 Å². The first-order chi connectivity index (χ1) is 12.5. The minimum atomic E-state index is -0.00865. The minimum Gasteiger partial charge on any atom is -0.496 e. The summed E-state index contributed by atoms with van der Waals surface area (Å²) in [5, 5.41) is 3.62. The van der Waals surface area contributed by atoms with Crippen LogP contribution in [0.3, 0.4) is 0 Å². The van der Waals surface area contributed by atoms with Crippen LogP contribution in [0.25, 0.3) is 0 Å². The van der Waals surface area contributed by atoms with Crippen molar-refractivity contribution in [3.8, 4) is 5.75 Å². The number of benzene rings is 2. The number of nitrogens with one attached hydrogen (secondary N) is 1. The van der Waals surface area contributed by atoms with E-state index in [2.05, 4.69) is 5.32 Å². The van der Waals surface area contributed by atoms with Gasteiger partial charge in [-0.15, -0.1) is 11.8 Å². The topological polar surface area (TPSA) is 55.4 Å². The number of thioether (sulfide) groups is 1. The number of amides is 1. The molecule has 0 atom stereocenters. The first-order valence-electron chi connectivity index (χ1n) is 8.26. The summed E-state index contributed by atoms with van der Waals surface area (Å²) in [4.78, 5) is 23.5. The van der Waals surface area contributed by atoms with E-state index in [1.165, 1.54) is 18.7 Å². The highest BCUT2D eigenvalue weighted by Gasteiger charge is 2.09. The van der Waals surface area contributed by atoms with Gasteiger partial charge in [0, 0.05) is 28.4 Å². The van der Waals surface area contributed by atoms with Gasteiger partial charge in [0.15, 0.2) is 5.78 Å². The fourth-order valence-electron chi connectivity index (χ4n) is 2.41. The molecule has 4 nitrogen and oxygen atoms in total. The first kappa shape index (κ1) is 20.3. The van der Waals surface area contributed by atoms with Crippen LogP contribution in [0.5, 0.6) is 5.75 Å². The van der Waals surface area contributed by atoms with Gasteiger partial charge in [-0.25, -0.2) is 0 Å². The maximum atomic E-state index is 12.0. The Hall–Kier alpha value is -1.98. The summed E-state index contributed by atoms with van der Waals surface area (Å²) in [6.07, 6.45) is 0.766. The van der Waals surface area contributed by atoms with Crippen molar-refractivity contribution in [3.05, 3.63) is 64.2 Å². The summed E-state index contributed by atoms with van der Waals surface area (Å²) < 4.78 is 5.33. The number of hydrogen-bond acceptors (Lipinski definition) is 4. The lowest BCUT2D eigenvalue weighted by molar-refractivity contribution is -0.118. The number of carbonyl (C=O) groups is 2. The van der Waals surface area contributed by atoms with Gasteiger partial charge >= 0.3 is 0 Å². The van der Waals surface area contributed by atoms with Crippen molar-refractivity contribution in [2.24, 2.45) is 0 Å². The number of Topliss-reactive ketones (excluding diaryl/α,β-unsaturated/α-hetero) is 1. The van der Waals surface area contributed by atoms with Crippen molar-refractivity contribution in [1.82, 2.24) is 5.32 Å². The molecule has 0 aromatic heterocycles. The lowest BCUT2D eigenvalue weighted by Crippen LogP contribution is -2.27. The lowest BCUT2D eigenvalue weighted by Gasteiger charge is -2.10. The highest BCUT2D eigenvalue weighted by Crippen LogP contribution is 2.24. The quantitative estimate of drug-likeness (QED) is 0.652. The standard InChI is InChI=1S/C20H22ClNO3S/c1-14(23)16-5-8-19(25-2)17(11-16)12-26-13-20(24)22-10-9-15-3-6-18(21)7-4-15/h3-8,11H,9-10,12-13H2,1-2H3,(H,22,24). The van der Waals surface area contributed by atoms with E-state index in [1.54, 1.807) is 19.2 Å². The molecule has 0 spiro atoms. The van der Waals surface area contributed by atoms with Crippen molar-refractivity contribution >= 4 is 35.1 Å². The number of rotatable bonds is 9. The molecule has 1 amide bonds. The molecule has 6 heteroatoms. The second-order valence-electron chi connectivity index (χ2n) is 5.80. The second-order valence-corrected chi connectivity index (χ2v) is 7.22. The maximum absolute atomic E-state index is 12.0. The molecule has 0 aliphatic heterocycles. The molecule has 0 heterocycles. The SMILES string of the molecule is COc1ccc(C(C)=O)cc1CSCC(=O)NCCc1ccc(Cl)cc1. The summed E-state index contributed by atoms with van der Waals surface area (Å²) >= 11 is 7.34. The Morgan fingerprint density at radius 1 is 1.15 bits per heavy atom. The Morgan fingerprint density at radius 3 is 2.54 bits per heavy atom. The van der Waals surface area contributed by atoms with E-state index < -0.39 is 0 Å². The van der Waals surface area contributed by atoms with Crippen molar-refractivity contribution in [2.75, 3.05) is 19.4 Å². The lowest BCUT2D eigenvalue weighted by atomic mass is 10.1. The molecule has 0 saturated carbocycles. The maximum Gasteiger partial charge on any atom is 0.230 e. The largest absolute Gasteiger partial charge is 0.496 e. The molecular formula is C20H22ClNO3S. The number of halogens is 1. The van der Waals surface area contributed by atoms with Gasteiger partial charge < -0.3 is 10.1 Å². The van der Waals surface area contributed by atoms with Gasteiger partial charge in [-0.1, -0.05) is 23.7 Å². The number of methoxy groups -OCH3 is 1. The third-order valence-electron chi connectivity index (χ3n) is 3.83. The van der Waals surface area contributed by atoms with E-state index in [4.69, 9.17) is 16.3 Å². The smallest absolute Gasteiger partial charge is 0.230 e. The Morgan fingerprint density at radius 2 is 1.88 bits per heavy atom. The molecule has 26 heavy (non-hydrogen) atoms. The molecule has 0 bridgehead atoms. The molecular weight excluding hydrogens is 370 g/mol.